The van der Waals surface area contributed by atoms with Crippen molar-refractivity contribution >= 4 is 35.3 Å². The molecule has 0 fully saturated rings. The van der Waals surface area contributed by atoms with Crippen LogP contribution in [0, 0.1) is 5.82 Å². The molecular formula is C25H26FN3O3S. The van der Waals surface area contributed by atoms with Crippen molar-refractivity contribution in [3.63, 3.8) is 0 Å². The Balaban J connectivity index is 1.83. The van der Waals surface area contributed by atoms with Crippen molar-refractivity contribution in [2.45, 2.75) is 25.4 Å². The van der Waals surface area contributed by atoms with Gasteiger partial charge in [-0.15, -0.1) is 0 Å². The molecule has 8 heteroatoms. The van der Waals surface area contributed by atoms with E-state index in [2.05, 4.69) is 10.3 Å². The van der Waals surface area contributed by atoms with E-state index in [1.165, 1.54) is 23.9 Å². The molecule has 0 bridgehead atoms. The van der Waals surface area contributed by atoms with Crippen LogP contribution in [0.1, 0.15) is 34.3 Å². The lowest BCUT2D eigenvalue weighted by molar-refractivity contribution is -0.139. The summed E-state index contributed by atoms with van der Waals surface area (Å²) in [6.45, 7) is 0.694. The summed E-state index contributed by atoms with van der Waals surface area (Å²) >= 11 is 1.53. The Morgan fingerprint density at radius 1 is 1.21 bits per heavy atom. The number of carbonyl (C=O) groups is 2. The molecule has 0 spiro atoms. The van der Waals surface area contributed by atoms with Crippen molar-refractivity contribution in [3.8, 4) is 0 Å². The molecule has 172 valence electrons. The molecule has 3 aromatic rings. The summed E-state index contributed by atoms with van der Waals surface area (Å²) in [4.78, 5) is 28.2. The number of hydrogen-bond acceptors (Lipinski definition) is 4. The topological polar surface area (TPSA) is 84.2 Å². The Morgan fingerprint density at radius 3 is 2.67 bits per heavy atom. The van der Waals surface area contributed by atoms with Crippen LogP contribution in [0.15, 0.2) is 67.3 Å². The molecule has 1 heterocycles. The third kappa shape index (κ3) is 7.32. The number of aliphatic carboxylic acids is 1. The van der Waals surface area contributed by atoms with Crippen molar-refractivity contribution in [3.05, 3.63) is 89.8 Å². The summed E-state index contributed by atoms with van der Waals surface area (Å²) in [6, 6.07) is 12.4. The standard InChI is InChI=1S/C25H26FN3O3S/c1-33-14-10-23(25(31)32)28-24(30)21-4-2-3-18(16-21)15-20(9-12-29-13-11-27-17-29)19-5-7-22(26)8-6-19/h2-8,11,13,15-17,23H,9-10,12,14H2,1H3,(H,28,30)(H,31,32)/b20-15-/t23-/m0/s1. The molecule has 0 aliphatic rings. The van der Waals surface area contributed by atoms with Crippen LogP contribution in [0.4, 0.5) is 4.39 Å². The predicted molar refractivity (Wildman–Crippen MR) is 129 cm³/mol. The fourth-order valence-electron chi connectivity index (χ4n) is 3.34. The van der Waals surface area contributed by atoms with Gasteiger partial charge in [-0.05, 0) is 65.8 Å². The van der Waals surface area contributed by atoms with Gasteiger partial charge in [0, 0.05) is 24.5 Å². The maximum atomic E-state index is 13.4. The van der Waals surface area contributed by atoms with Gasteiger partial charge in [0.25, 0.3) is 5.91 Å². The van der Waals surface area contributed by atoms with E-state index in [1.807, 2.05) is 29.2 Å². The van der Waals surface area contributed by atoms with Gasteiger partial charge in [0.15, 0.2) is 0 Å². The molecule has 0 saturated carbocycles. The fraction of sp³-hybridized carbons (Fsp3) is 0.240. The van der Waals surface area contributed by atoms with E-state index in [4.69, 9.17) is 0 Å². The number of carboxylic acid groups (broad SMARTS) is 1. The summed E-state index contributed by atoms with van der Waals surface area (Å²) in [7, 11) is 0. The highest BCUT2D eigenvalue weighted by atomic mass is 32.2. The number of benzene rings is 2. The first kappa shape index (κ1) is 24.3. The van der Waals surface area contributed by atoms with Crippen LogP contribution in [-0.4, -0.2) is 44.6 Å². The van der Waals surface area contributed by atoms with Gasteiger partial charge in [-0.3, -0.25) is 4.79 Å². The monoisotopic (exact) mass is 467 g/mol. The molecule has 33 heavy (non-hydrogen) atoms. The molecule has 1 amide bonds. The van der Waals surface area contributed by atoms with Crippen molar-refractivity contribution in [2.24, 2.45) is 0 Å². The molecule has 0 saturated heterocycles. The molecule has 2 N–H and O–H groups in total. The van der Waals surface area contributed by atoms with Crippen LogP contribution < -0.4 is 5.32 Å². The highest BCUT2D eigenvalue weighted by Gasteiger charge is 2.20. The lowest BCUT2D eigenvalue weighted by Gasteiger charge is -2.14. The first-order valence-corrected chi connectivity index (χ1v) is 11.9. The number of carboxylic acids is 1. The Labute approximate surface area is 196 Å². The minimum absolute atomic E-state index is 0.305. The lowest BCUT2D eigenvalue weighted by atomic mass is 9.98. The van der Waals surface area contributed by atoms with Crippen LogP contribution in [0.25, 0.3) is 11.6 Å². The maximum Gasteiger partial charge on any atom is 0.326 e. The average Bonchev–Trinajstić information content (AvgIpc) is 3.33. The number of aryl methyl sites for hydroxylation is 1. The first-order valence-electron chi connectivity index (χ1n) is 10.5. The van der Waals surface area contributed by atoms with Crippen LogP contribution in [0.5, 0.6) is 0 Å². The van der Waals surface area contributed by atoms with Gasteiger partial charge in [0.2, 0.25) is 0 Å². The second-order valence-corrected chi connectivity index (χ2v) is 8.48. The average molecular weight is 468 g/mol. The lowest BCUT2D eigenvalue weighted by Crippen LogP contribution is -2.41. The number of rotatable bonds is 11. The highest BCUT2D eigenvalue weighted by molar-refractivity contribution is 7.98. The van der Waals surface area contributed by atoms with Gasteiger partial charge in [-0.1, -0.05) is 30.3 Å². The molecule has 1 atom stereocenters. The second kappa shape index (κ2) is 12.0. The van der Waals surface area contributed by atoms with Crippen LogP contribution >= 0.6 is 11.8 Å². The Morgan fingerprint density at radius 2 is 2.00 bits per heavy atom. The van der Waals surface area contributed by atoms with E-state index in [-0.39, 0.29) is 5.82 Å². The van der Waals surface area contributed by atoms with Crippen molar-refractivity contribution in [2.75, 3.05) is 12.0 Å². The number of imidazole rings is 1. The number of allylic oxidation sites excluding steroid dienone is 1. The number of nitrogens with zero attached hydrogens (tertiary/aromatic N) is 2. The van der Waals surface area contributed by atoms with E-state index >= 15 is 0 Å². The Hall–Kier alpha value is -3.39. The molecule has 2 aromatic carbocycles. The highest BCUT2D eigenvalue weighted by Crippen LogP contribution is 2.23. The maximum absolute atomic E-state index is 13.4. The number of nitrogens with one attached hydrogen (secondary N) is 1. The molecular weight excluding hydrogens is 441 g/mol. The van der Waals surface area contributed by atoms with E-state index in [9.17, 15) is 19.1 Å². The summed E-state index contributed by atoms with van der Waals surface area (Å²) in [6.07, 6.45) is 10.2. The zero-order chi connectivity index (χ0) is 23.6. The van der Waals surface area contributed by atoms with Crippen LogP contribution in [0.3, 0.4) is 0 Å². The summed E-state index contributed by atoms with van der Waals surface area (Å²) in [5, 5.41) is 12.0. The largest absolute Gasteiger partial charge is 0.480 e. The number of amides is 1. The van der Waals surface area contributed by atoms with E-state index < -0.39 is 17.9 Å². The smallest absolute Gasteiger partial charge is 0.326 e. The molecule has 3 rings (SSSR count). The van der Waals surface area contributed by atoms with Crippen molar-refractivity contribution in [1.82, 2.24) is 14.9 Å². The van der Waals surface area contributed by atoms with Crippen molar-refractivity contribution < 1.29 is 19.1 Å². The third-order valence-corrected chi connectivity index (χ3v) is 5.76. The molecule has 0 aliphatic carbocycles. The number of halogens is 1. The SMILES string of the molecule is CSCC[C@H](NC(=O)c1cccc(/C=C(/CCn2ccnc2)c2ccc(F)cc2)c1)C(=O)O. The predicted octanol–water partition coefficient (Wildman–Crippen LogP) is 4.59. The molecule has 0 radical (unpaired) electrons. The van der Waals surface area contributed by atoms with E-state index in [0.29, 0.717) is 30.7 Å². The molecule has 1 aromatic heterocycles. The summed E-state index contributed by atoms with van der Waals surface area (Å²) < 4.78 is 15.4. The van der Waals surface area contributed by atoms with Gasteiger partial charge < -0.3 is 15.0 Å². The molecule has 6 nitrogen and oxygen atoms in total. The Bertz CT molecular complexity index is 1100. The van der Waals surface area contributed by atoms with Gasteiger partial charge in [0.1, 0.15) is 11.9 Å². The van der Waals surface area contributed by atoms with E-state index in [0.717, 1.165) is 16.7 Å². The third-order valence-electron chi connectivity index (χ3n) is 5.12. The normalized spacial score (nSPS) is 12.4. The minimum atomic E-state index is -1.05. The quantitative estimate of drug-likeness (QED) is 0.403. The van der Waals surface area contributed by atoms with Gasteiger partial charge in [0.05, 0.1) is 6.33 Å². The van der Waals surface area contributed by atoms with Gasteiger partial charge in [-0.25, -0.2) is 14.2 Å². The van der Waals surface area contributed by atoms with Crippen LogP contribution in [-0.2, 0) is 11.3 Å². The zero-order valence-electron chi connectivity index (χ0n) is 18.3. The van der Waals surface area contributed by atoms with Crippen LogP contribution in [0.2, 0.25) is 0 Å². The van der Waals surface area contributed by atoms with E-state index in [1.54, 1.807) is 42.9 Å². The Kier molecular flexibility index (Phi) is 8.83. The number of hydrogen-bond donors (Lipinski definition) is 2. The summed E-state index contributed by atoms with van der Waals surface area (Å²) in [5.74, 6) is -1.15. The summed E-state index contributed by atoms with van der Waals surface area (Å²) in [5.41, 5.74) is 3.04. The second-order valence-electron chi connectivity index (χ2n) is 7.50. The van der Waals surface area contributed by atoms with Gasteiger partial charge >= 0.3 is 5.97 Å². The first-order chi connectivity index (χ1) is 16.0. The van der Waals surface area contributed by atoms with Crippen molar-refractivity contribution in [1.29, 1.82) is 0 Å². The fourth-order valence-corrected chi connectivity index (χ4v) is 3.81. The van der Waals surface area contributed by atoms with Gasteiger partial charge in [-0.2, -0.15) is 11.8 Å². The molecule has 0 unspecified atom stereocenters. The number of aromatic nitrogens is 2. The molecule has 0 aliphatic heterocycles. The zero-order valence-corrected chi connectivity index (χ0v) is 19.1. The number of thioether (sulfide) groups is 1. The number of carbonyl (C=O) groups excluding carboxylic acids is 1. The minimum Gasteiger partial charge on any atom is -0.480 e.